The monoisotopic (exact) mass is 577 g/mol. The Hall–Kier alpha value is -4.64. The van der Waals surface area contributed by atoms with Crippen molar-refractivity contribution in [1.29, 1.82) is 0 Å². The van der Waals surface area contributed by atoms with Gasteiger partial charge < -0.3 is 14.3 Å². The minimum atomic E-state index is -0.197. The van der Waals surface area contributed by atoms with Crippen molar-refractivity contribution in [2.24, 2.45) is 10.2 Å². The first-order chi connectivity index (χ1) is 20.3. The number of nitrogens with zero attached hydrogens (tertiary/aromatic N) is 8. The Bertz CT molecular complexity index is 1650. The topological polar surface area (TPSA) is 69.9 Å². The molecule has 1 saturated heterocycles. The van der Waals surface area contributed by atoms with Crippen molar-refractivity contribution in [2.45, 2.75) is 13.8 Å². The smallest absolute Gasteiger partial charge is 0.372 e. The van der Waals surface area contributed by atoms with Gasteiger partial charge in [-0.15, -0.1) is 10.2 Å². The molecule has 2 aliphatic rings. The molecule has 1 fully saturated rings. The first kappa shape index (κ1) is 28.9. The number of thiazole rings is 1. The molecule has 0 radical (unpaired) electrons. The third-order valence-electron chi connectivity index (χ3n) is 7.77. The molecule has 10 heteroatoms. The molecule has 42 heavy (non-hydrogen) atoms. The summed E-state index contributed by atoms with van der Waals surface area (Å²) in [7, 11) is 4.43. The van der Waals surface area contributed by atoms with Gasteiger partial charge in [0.1, 0.15) is 19.0 Å². The van der Waals surface area contributed by atoms with Crippen LogP contribution in [0.3, 0.4) is 0 Å². The number of quaternary nitrogens is 1. The number of azo groups is 1. The molecule has 1 aromatic heterocycles. The van der Waals surface area contributed by atoms with Crippen LogP contribution in [0.25, 0.3) is 21.3 Å². The second-order valence-electron chi connectivity index (χ2n) is 10.8. The maximum atomic E-state index is 13.6. The summed E-state index contributed by atoms with van der Waals surface area (Å²) in [6, 6.07) is 15.1. The number of rotatable bonds is 7. The molecule has 1 aliphatic heterocycles. The van der Waals surface area contributed by atoms with Crippen molar-refractivity contribution in [3.8, 4) is 0 Å². The highest BCUT2D eigenvalue weighted by molar-refractivity contribution is 7.16. The highest BCUT2D eigenvalue weighted by Crippen LogP contribution is 2.43. The summed E-state index contributed by atoms with van der Waals surface area (Å²) in [6.45, 7) is 24.9. The summed E-state index contributed by atoms with van der Waals surface area (Å²) in [6.07, 6.45) is 1.79. The highest BCUT2D eigenvalue weighted by atomic mass is 32.1. The molecule has 0 saturated carbocycles. The van der Waals surface area contributed by atoms with Gasteiger partial charge in [-0.05, 0) is 49.8 Å². The van der Waals surface area contributed by atoms with Crippen molar-refractivity contribution in [3.63, 3.8) is 0 Å². The van der Waals surface area contributed by atoms with E-state index in [1.54, 1.807) is 24.3 Å². The fourth-order valence-corrected chi connectivity index (χ4v) is 6.12. The minimum absolute atomic E-state index is 0.115. The van der Waals surface area contributed by atoms with Crippen LogP contribution in [0.5, 0.6) is 0 Å². The van der Waals surface area contributed by atoms with E-state index < -0.39 is 0 Å². The molecule has 2 aromatic carbocycles. The zero-order chi connectivity index (χ0) is 29.9. The molecular formula is C32H33N8OS+. The average molecular weight is 578 g/mol. The highest BCUT2D eigenvalue weighted by Gasteiger charge is 2.36. The number of carbonyl (C=O) groups is 1. The van der Waals surface area contributed by atoms with Crippen molar-refractivity contribution < 1.29 is 9.28 Å². The first-order valence-corrected chi connectivity index (χ1v) is 14.8. The normalized spacial score (nSPS) is 16.9. The third kappa shape index (κ3) is 5.73. The van der Waals surface area contributed by atoms with E-state index in [4.69, 9.17) is 18.1 Å². The number of aromatic nitrogens is 1. The van der Waals surface area contributed by atoms with E-state index >= 15 is 0 Å². The zero-order valence-electron chi connectivity index (χ0n) is 24.3. The van der Waals surface area contributed by atoms with E-state index in [1.165, 1.54) is 11.3 Å². The molecule has 5 rings (SSSR count). The zero-order valence-corrected chi connectivity index (χ0v) is 25.1. The van der Waals surface area contributed by atoms with Crippen LogP contribution in [0.1, 0.15) is 34.6 Å². The Kier molecular flexibility index (Phi) is 8.30. The van der Waals surface area contributed by atoms with Crippen LogP contribution in [-0.4, -0.2) is 68.6 Å². The number of benzene rings is 2. The number of anilines is 2. The summed E-state index contributed by atoms with van der Waals surface area (Å²) in [4.78, 5) is 30.6. The minimum Gasteiger partial charge on any atom is -0.372 e. The van der Waals surface area contributed by atoms with Crippen LogP contribution < -0.4 is 9.80 Å². The van der Waals surface area contributed by atoms with Gasteiger partial charge in [-0.2, -0.15) is 14.7 Å². The Morgan fingerprint density at radius 1 is 1.02 bits per heavy atom. The molecule has 212 valence electrons. The van der Waals surface area contributed by atoms with Crippen molar-refractivity contribution >= 4 is 51.1 Å². The lowest BCUT2D eigenvalue weighted by atomic mass is 10.0. The van der Waals surface area contributed by atoms with Gasteiger partial charge in [0.2, 0.25) is 5.13 Å². The van der Waals surface area contributed by atoms with Crippen LogP contribution in [0, 0.1) is 13.1 Å². The molecule has 0 unspecified atom stereocenters. The van der Waals surface area contributed by atoms with Crippen LogP contribution in [-0.2, 0) is 0 Å². The number of Topliss-reactive ketones (excluding diaryl/α,β-unsaturated/α-hetero) is 1. The molecule has 0 bridgehead atoms. The lowest BCUT2D eigenvalue weighted by Crippen LogP contribution is -2.55. The summed E-state index contributed by atoms with van der Waals surface area (Å²) in [5.41, 5.74) is 3.70. The Morgan fingerprint density at radius 2 is 1.67 bits per heavy atom. The molecule has 0 amide bonds. The molecule has 0 atom stereocenters. The summed E-state index contributed by atoms with van der Waals surface area (Å²) >= 11 is 1.35. The van der Waals surface area contributed by atoms with E-state index in [2.05, 4.69) is 57.7 Å². The van der Waals surface area contributed by atoms with Gasteiger partial charge in [-0.1, -0.05) is 35.6 Å². The van der Waals surface area contributed by atoms with Gasteiger partial charge in [0.25, 0.3) is 0 Å². The van der Waals surface area contributed by atoms with E-state index in [0.29, 0.717) is 27.4 Å². The van der Waals surface area contributed by atoms with Crippen molar-refractivity contribution in [1.82, 2.24) is 4.98 Å². The Labute approximate surface area is 251 Å². The molecule has 2 heterocycles. The quantitative estimate of drug-likeness (QED) is 0.130. The van der Waals surface area contributed by atoms with Crippen LogP contribution in [0.2, 0.25) is 0 Å². The number of likely N-dealkylation sites (N-methyl/N-ethyl adjacent to an activating group) is 1. The average Bonchev–Trinajstić information content (AvgIpc) is 3.53. The summed E-state index contributed by atoms with van der Waals surface area (Å²) in [5.74, 6) is 0.432. The maximum absolute atomic E-state index is 13.6. The van der Waals surface area contributed by atoms with Crippen LogP contribution in [0.4, 0.5) is 22.3 Å². The van der Waals surface area contributed by atoms with Gasteiger partial charge in [0.05, 0.1) is 56.4 Å². The predicted octanol–water partition coefficient (Wildman–Crippen LogP) is 7.09. The van der Waals surface area contributed by atoms with E-state index in [1.807, 2.05) is 30.3 Å². The van der Waals surface area contributed by atoms with Crippen molar-refractivity contribution in [2.75, 3.05) is 63.2 Å². The number of piperazine rings is 1. The summed E-state index contributed by atoms with van der Waals surface area (Å²) in [5, 5.41) is 9.42. The lowest BCUT2D eigenvalue weighted by molar-refractivity contribution is -0.890. The van der Waals surface area contributed by atoms with Gasteiger partial charge in [-0.25, -0.2) is 0 Å². The number of allylic oxidation sites excluding steroid dienone is 2. The standard InChI is InChI=1S/C32H33N8OS/c1-7-38(8-2)23-15-13-22(14-16-23)36-37-32-35-31(39-17-19-40(5,6)20-18-39)27(42-32)21-26-28(30(33-3)34-4)24-11-9-10-12-25(24)29(26)41/h9-16,21H,7-8,17-20H2,1-2,5-6H3/q+1. The van der Waals surface area contributed by atoms with E-state index in [-0.39, 0.29) is 11.6 Å². The van der Waals surface area contributed by atoms with Gasteiger partial charge >= 0.3 is 5.82 Å². The van der Waals surface area contributed by atoms with E-state index in [9.17, 15) is 4.79 Å². The van der Waals surface area contributed by atoms with Gasteiger partial charge in [-0.3, -0.25) is 4.79 Å². The number of hydrogen-bond acceptors (Lipinski definition) is 7. The molecule has 9 nitrogen and oxygen atoms in total. The van der Waals surface area contributed by atoms with Gasteiger partial charge in [0, 0.05) is 29.9 Å². The molecule has 3 aromatic rings. The van der Waals surface area contributed by atoms with Crippen molar-refractivity contribution in [3.05, 3.63) is 98.8 Å². The van der Waals surface area contributed by atoms with Gasteiger partial charge in [0.15, 0.2) is 5.78 Å². The predicted molar refractivity (Wildman–Crippen MR) is 169 cm³/mol. The van der Waals surface area contributed by atoms with Crippen LogP contribution >= 0.6 is 11.3 Å². The second kappa shape index (κ2) is 12.1. The van der Waals surface area contributed by atoms with Crippen LogP contribution in [0.15, 0.2) is 70.2 Å². The Morgan fingerprint density at radius 3 is 2.29 bits per heavy atom. The third-order valence-corrected chi connectivity index (χ3v) is 8.64. The maximum Gasteiger partial charge on any atom is 0.528 e. The fraction of sp³-hybridized carbons (Fsp3) is 0.312. The van der Waals surface area contributed by atoms with E-state index in [0.717, 1.165) is 65.8 Å². The SMILES string of the molecule is [C-]#[N+]C([N+]#[C-])=C1C(=Cc2sc(N=Nc3ccc(N(CC)CC)cc3)nc2N2CC[N+](C)(C)CC2)C(=O)c2ccccc21. The first-order valence-electron chi connectivity index (χ1n) is 14.0. The largest absolute Gasteiger partial charge is 0.528 e. The number of ketones is 1. The lowest BCUT2D eigenvalue weighted by Gasteiger charge is -2.39. The molecule has 1 aliphatic carbocycles. The molecule has 0 N–H and O–H groups in total. The Balaban J connectivity index is 1.55. The summed E-state index contributed by atoms with van der Waals surface area (Å²) < 4.78 is 0.924. The molecular weight excluding hydrogens is 544 g/mol. The number of fused-ring (bicyclic) bond motifs is 1. The fourth-order valence-electron chi connectivity index (χ4n) is 5.26. The second-order valence-corrected chi connectivity index (χ2v) is 11.8. The number of carbonyl (C=O) groups excluding carboxylic acids is 1. The molecule has 0 spiro atoms. The number of hydrogen-bond donors (Lipinski definition) is 0.